The normalized spacial score (nSPS) is 19.2. The molecular formula is C25H31N3O3S. The molecule has 0 aliphatic heterocycles. The smallest absolute Gasteiger partial charge is 0.240 e. The summed E-state index contributed by atoms with van der Waals surface area (Å²) >= 11 is 0. The van der Waals surface area contributed by atoms with Gasteiger partial charge in [0.15, 0.2) is 0 Å². The lowest BCUT2D eigenvalue weighted by atomic mass is 9.81. The average Bonchev–Trinajstić information content (AvgIpc) is 3.21. The second kappa shape index (κ2) is 9.88. The van der Waals surface area contributed by atoms with E-state index in [1.54, 1.807) is 24.3 Å². The highest BCUT2D eigenvalue weighted by Crippen LogP contribution is 2.29. The molecule has 1 amide bonds. The molecule has 6 nitrogen and oxygen atoms in total. The fourth-order valence-electron chi connectivity index (χ4n) is 4.46. The Kier molecular flexibility index (Phi) is 6.96. The van der Waals surface area contributed by atoms with Gasteiger partial charge in [-0.1, -0.05) is 35.9 Å². The first kappa shape index (κ1) is 22.6. The molecule has 1 heterocycles. The number of aromatic nitrogens is 1. The van der Waals surface area contributed by atoms with Crippen molar-refractivity contribution in [3.8, 4) is 0 Å². The Labute approximate surface area is 189 Å². The number of para-hydroxylation sites is 1. The van der Waals surface area contributed by atoms with Gasteiger partial charge in [0.05, 0.1) is 4.90 Å². The molecule has 2 aromatic carbocycles. The maximum absolute atomic E-state index is 12.6. The monoisotopic (exact) mass is 453 g/mol. The number of benzene rings is 2. The molecule has 1 aliphatic rings. The maximum atomic E-state index is 12.6. The SMILES string of the molecule is Cc1ccc(S(=O)(=O)NCC2CCC(C(=O)NCCc3c[nH]c4ccccc34)CC2)cc1. The van der Waals surface area contributed by atoms with Crippen molar-refractivity contribution in [1.82, 2.24) is 15.0 Å². The molecule has 1 aliphatic carbocycles. The minimum atomic E-state index is -3.49. The molecule has 0 saturated heterocycles. The maximum Gasteiger partial charge on any atom is 0.240 e. The van der Waals surface area contributed by atoms with E-state index < -0.39 is 10.0 Å². The summed E-state index contributed by atoms with van der Waals surface area (Å²) in [5, 5.41) is 4.29. The average molecular weight is 454 g/mol. The first-order valence-electron chi connectivity index (χ1n) is 11.3. The van der Waals surface area contributed by atoms with Crippen molar-refractivity contribution < 1.29 is 13.2 Å². The molecule has 3 N–H and O–H groups in total. The number of carbonyl (C=O) groups is 1. The quantitative estimate of drug-likeness (QED) is 0.483. The van der Waals surface area contributed by atoms with E-state index in [0.29, 0.717) is 18.0 Å². The number of sulfonamides is 1. The topological polar surface area (TPSA) is 91.1 Å². The van der Waals surface area contributed by atoms with E-state index in [9.17, 15) is 13.2 Å². The highest BCUT2D eigenvalue weighted by molar-refractivity contribution is 7.89. The van der Waals surface area contributed by atoms with Crippen LogP contribution in [0.3, 0.4) is 0 Å². The van der Waals surface area contributed by atoms with Gasteiger partial charge in [-0.15, -0.1) is 0 Å². The number of nitrogens with one attached hydrogen (secondary N) is 3. The zero-order valence-corrected chi connectivity index (χ0v) is 19.3. The Hall–Kier alpha value is -2.64. The van der Waals surface area contributed by atoms with E-state index in [1.807, 2.05) is 25.3 Å². The highest BCUT2D eigenvalue weighted by Gasteiger charge is 2.27. The third-order valence-corrected chi connectivity index (χ3v) is 7.92. The van der Waals surface area contributed by atoms with E-state index in [-0.39, 0.29) is 17.7 Å². The molecule has 1 saturated carbocycles. The molecule has 0 radical (unpaired) electrons. The Bertz CT molecular complexity index is 1160. The summed E-state index contributed by atoms with van der Waals surface area (Å²) in [6, 6.07) is 15.1. The molecule has 0 spiro atoms. The lowest BCUT2D eigenvalue weighted by molar-refractivity contribution is -0.126. The fourth-order valence-corrected chi connectivity index (χ4v) is 5.58. The molecule has 32 heavy (non-hydrogen) atoms. The summed E-state index contributed by atoms with van der Waals surface area (Å²) in [6.45, 7) is 2.97. The third kappa shape index (κ3) is 5.40. The predicted octanol–water partition coefficient (Wildman–Crippen LogP) is 3.92. The Balaban J connectivity index is 1.19. The number of hydrogen-bond acceptors (Lipinski definition) is 3. The van der Waals surface area contributed by atoms with Gasteiger partial charge in [0, 0.05) is 36.1 Å². The minimum absolute atomic E-state index is 0.0166. The van der Waals surface area contributed by atoms with Crippen LogP contribution in [0, 0.1) is 18.8 Å². The van der Waals surface area contributed by atoms with Crippen LogP contribution < -0.4 is 10.0 Å². The predicted molar refractivity (Wildman–Crippen MR) is 127 cm³/mol. The molecule has 1 fully saturated rings. The first-order valence-corrected chi connectivity index (χ1v) is 12.8. The van der Waals surface area contributed by atoms with Gasteiger partial charge in [0.25, 0.3) is 0 Å². The molecule has 7 heteroatoms. The summed E-state index contributed by atoms with van der Waals surface area (Å²) in [7, 11) is -3.49. The van der Waals surface area contributed by atoms with Crippen molar-refractivity contribution in [3.63, 3.8) is 0 Å². The number of fused-ring (bicyclic) bond motifs is 1. The van der Waals surface area contributed by atoms with Gasteiger partial charge in [-0.05, 0) is 68.7 Å². The number of carbonyl (C=O) groups excluding carboxylic acids is 1. The number of H-pyrrole nitrogens is 1. The first-order chi connectivity index (χ1) is 15.4. The molecule has 0 atom stereocenters. The van der Waals surface area contributed by atoms with Crippen molar-refractivity contribution in [3.05, 3.63) is 65.9 Å². The van der Waals surface area contributed by atoms with Gasteiger partial charge < -0.3 is 10.3 Å². The molecule has 170 valence electrons. The van der Waals surface area contributed by atoms with E-state index in [2.05, 4.69) is 27.2 Å². The Morgan fingerprint density at radius 2 is 1.75 bits per heavy atom. The second-order valence-electron chi connectivity index (χ2n) is 8.78. The van der Waals surface area contributed by atoms with Crippen LogP contribution in [0.1, 0.15) is 36.8 Å². The van der Waals surface area contributed by atoms with Gasteiger partial charge in [0.1, 0.15) is 0 Å². The number of aromatic amines is 1. The minimum Gasteiger partial charge on any atom is -0.361 e. The lowest BCUT2D eigenvalue weighted by Gasteiger charge is -2.27. The molecule has 4 rings (SSSR count). The third-order valence-electron chi connectivity index (χ3n) is 6.48. The number of hydrogen-bond donors (Lipinski definition) is 3. The molecule has 0 unspecified atom stereocenters. The van der Waals surface area contributed by atoms with Gasteiger partial charge in [0.2, 0.25) is 15.9 Å². The van der Waals surface area contributed by atoms with Crippen LogP contribution >= 0.6 is 0 Å². The zero-order valence-electron chi connectivity index (χ0n) is 18.4. The van der Waals surface area contributed by atoms with Gasteiger partial charge in [-0.25, -0.2) is 13.1 Å². The summed E-state index contributed by atoms with van der Waals surface area (Å²) in [6.07, 6.45) is 6.13. The summed E-state index contributed by atoms with van der Waals surface area (Å²) in [5.41, 5.74) is 3.36. The van der Waals surface area contributed by atoms with E-state index in [0.717, 1.165) is 43.2 Å². The van der Waals surface area contributed by atoms with Crippen LogP contribution in [-0.2, 0) is 21.2 Å². The molecule has 0 bridgehead atoms. The van der Waals surface area contributed by atoms with E-state index in [4.69, 9.17) is 0 Å². The van der Waals surface area contributed by atoms with Crippen LogP contribution in [0.5, 0.6) is 0 Å². The fraction of sp³-hybridized carbons (Fsp3) is 0.400. The highest BCUT2D eigenvalue weighted by atomic mass is 32.2. The van der Waals surface area contributed by atoms with Crippen LogP contribution in [0.15, 0.2) is 59.6 Å². The van der Waals surface area contributed by atoms with Crippen molar-refractivity contribution in [1.29, 1.82) is 0 Å². The van der Waals surface area contributed by atoms with Crippen LogP contribution in [0.4, 0.5) is 0 Å². The Morgan fingerprint density at radius 3 is 2.50 bits per heavy atom. The molecular weight excluding hydrogens is 422 g/mol. The summed E-state index contributed by atoms with van der Waals surface area (Å²) < 4.78 is 27.7. The van der Waals surface area contributed by atoms with Crippen molar-refractivity contribution in [2.45, 2.75) is 43.9 Å². The summed E-state index contributed by atoms with van der Waals surface area (Å²) in [4.78, 5) is 16.2. The molecule has 3 aromatic rings. The Morgan fingerprint density at radius 1 is 1.03 bits per heavy atom. The van der Waals surface area contributed by atoms with Crippen molar-refractivity contribution >= 4 is 26.8 Å². The van der Waals surface area contributed by atoms with Crippen LogP contribution in [0.2, 0.25) is 0 Å². The van der Waals surface area contributed by atoms with E-state index >= 15 is 0 Å². The molecule has 1 aromatic heterocycles. The van der Waals surface area contributed by atoms with Crippen LogP contribution in [0.25, 0.3) is 10.9 Å². The number of aryl methyl sites for hydroxylation is 1. The van der Waals surface area contributed by atoms with Crippen LogP contribution in [-0.4, -0.2) is 32.4 Å². The van der Waals surface area contributed by atoms with Crippen molar-refractivity contribution in [2.24, 2.45) is 11.8 Å². The standard InChI is InChI=1S/C25H31N3O3S/c1-18-6-12-22(13-7-18)32(30,31)28-16-19-8-10-20(11-9-19)25(29)26-15-14-21-17-27-24-5-3-2-4-23(21)24/h2-7,12-13,17,19-20,27-28H,8-11,14-16H2,1H3,(H,26,29). The zero-order chi connectivity index (χ0) is 22.6. The van der Waals surface area contributed by atoms with Gasteiger partial charge in [-0.2, -0.15) is 0 Å². The summed E-state index contributed by atoms with van der Waals surface area (Å²) in [5.74, 6) is 0.400. The number of rotatable bonds is 8. The largest absolute Gasteiger partial charge is 0.361 e. The number of amides is 1. The lowest BCUT2D eigenvalue weighted by Crippen LogP contribution is -2.36. The van der Waals surface area contributed by atoms with Gasteiger partial charge in [-0.3, -0.25) is 4.79 Å². The van der Waals surface area contributed by atoms with E-state index in [1.165, 1.54) is 10.9 Å². The van der Waals surface area contributed by atoms with Gasteiger partial charge >= 0.3 is 0 Å². The second-order valence-corrected chi connectivity index (χ2v) is 10.6. The van der Waals surface area contributed by atoms with Crippen molar-refractivity contribution in [2.75, 3.05) is 13.1 Å².